The van der Waals surface area contributed by atoms with Crippen molar-refractivity contribution in [1.82, 2.24) is 9.88 Å². The number of pyridine rings is 1. The largest absolute Gasteiger partial charge is 0.493 e. The number of alkyl carbamates (subject to hydrolysis) is 1. The van der Waals surface area contributed by atoms with Crippen molar-refractivity contribution in [3.05, 3.63) is 45.7 Å². The Morgan fingerprint density at radius 1 is 1.10 bits per heavy atom. The van der Waals surface area contributed by atoms with E-state index in [1.807, 2.05) is 31.4 Å². The molecule has 0 radical (unpaired) electrons. The van der Waals surface area contributed by atoms with Gasteiger partial charge < -0.3 is 29.2 Å². The zero-order valence-corrected chi connectivity index (χ0v) is 24.5. The van der Waals surface area contributed by atoms with E-state index < -0.39 is 23.1 Å². The highest BCUT2D eigenvalue weighted by Gasteiger charge is 2.47. The summed E-state index contributed by atoms with van der Waals surface area (Å²) in [5.74, 6) is 0.220. The molecule has 1 aliphatic heterocycles. The van der Waals surface area contributed by atoms with Gasteiger partial charge in [-0.15, -0.1) is 0 Å². The Morgan fingerprint density at radius 3 is 2.50 bits per heavy atom. The fraction of sp³-hybridized carbons (Fsp3) is 0.581. The Morgan fingerprint density at radius 2 is 1.82 bits per heavy atom. The van der Waals surface area contributed by atoms with Crippen LogP contribution in [0.1, 0.15) is 101 Å². The second-order valence-corrected chi connectivity index (χ2v) is 12.5. The molecule has 1 aromatic carbocycles. The zero-order valence-electron chi connectivity index (χ0n) is 24.5. The molecule has 0 unspecified atom stereocenters. The summed E-state index contributed by atoms with van der Waals surface area (Å²) in [7, 11) is 1.59. The number of hydrogen-bond acceptors (Lipinski definition) is 6. The maximum atomic E-state index is 12.7. The molecule has 2 aliphatic rings. The molecule has 1 saturated carbocycles. The van der Waals surface area contributed by atoms with Crippen LogP contribution in [-0.4, -0.2) is 47.6 Å². The number of carboxylic acids is 1. The van der Waals surface area contributed by atoms with E-state index in [-0.39, 0.29) is 22.9 Å². The summed E-state index contributed by atoms with van der Waals surface area (Å²) in [6.45, 7) is 11.0. The van der Waals surface area contributed by atoms with Gasteiger partial charge in [0.2, 0.25) is 0 Å². The molecule has 0 saturated heterocycles. The lowest BCUT2D eigenvalue weighted by atomic mass is 9.77. The number of carbonyl (C=O) groups excluding carboxylic acids is 1. The Balaban J connectivity index is 1.45. The molecule has 4 rings (SSSR count). The minimum Gasteiger partial charge on any atom is -0.493 e. The first kappa shape index (κ1) is 29.5. The molecule has 1 fully saturated rings. The van der Waals surface area contributed by atoms with Crippen LogP contribution in [0.4, 0.5) is 4.79 Å². The fourth-order valence-corrected chi connectivity index (χ4v) is 6.07. The van der Waals surface area contributed by atoms with Crippen LogP contribution in [0, 0.1) is 5.41 Å². The minimum atomic E-state index is -1.21. The number of fused-ring (bicyclic) bond motifs is 6. The van der Waals surface area contributed by atoms with Gasteiger partial charge in [0.1, 0.15) is 11.2 Å². The van der Waals surface area contributed by atoms with Crippen LogP contribution in [0.3, 0.4) is 0 Å². The quantitative estimate of drug-likeness (QED) is 0.339. The molecule has 9 nitrogen and oxygen atoms in total. The van der Waals surface area contributed by atoms with E-state index in [0.29, 0.717) is 30.3 Å². The monoisotopic (exact) mass is 554 g/mol. The van der Waals surface area contributed by atoms with Crippen molar-refractivity contribution in [2.45, 2.75) is 90.7 Å². The standard InChI is InChI=1S/C31H42N2O7/c1-30(2,3)40-29(37)32-13-9-7-8-10-14-39-26-15-20-19-11-12-31(4,5)27(19)33-18-22(28(35)36)24(34)17-23(33)21(20)16-25(26)38-6/h15-19,27H,7-14H2,1-6H3,(H,32,37)(H,35,36)/t19-,27+/m1/s1. The van der Waals surface area contributed by atoms with Gasteiger partial charge in [-0.3, -0.25) is 4.79 Å². The molecule has 9 heteroatoms. The number of carbonyl (C=O) groups is 2. The lowest BCUT2D eigenvalue weighted by molar-refractivity contribution is 0.0526. The number of methoxy groups -OCH3 is 1. The Labute approximate surface area is 235 Å². The van der Waals surface area contributed by atoms with E-state index in [2.05, 4.69) is 25.2 Å². The van der Waals surface area contributed by atoms with Crippen molar-refractivity contribution in [1.29, 1.82) is 0 Å². The first-order valence-electron chi connectivity index (χ1n) is 14.1. The van der Waals surface area contributed by atoms with Crippen LogP contribution in [0.2, 0.25) is 0 Å². The summed E-state index contributed by atoms with van der Waals surface area (Å²) >= 11 is 0. The maximum Gasteiger partial charge on any atom is 0.407 e. The van der Waals surface area contributed by atoms with Gasteiger partial charge in [0.25, 0.3) is 0 Å². The molecule has 2 aromatic rings. The number of aromatic carboxylic acids is 1. The third-order valence-corrected chi connectivity index (χ3v) is 7.90. The van der Waals surface area contributed by atoms with E-state index >= 15 is 0 Å². The van der Waals surface area contributed by atoms with Gasteiger partial charge in [-0.05, 0) is 69.6 Å². The van der Waals surface area contributed by atoms with E-state index in [1.165, 1.54) is 12.3 Å². The number of nitrogens with zero attached hydrogens (tertiary/aromatic N) is 1. The molecule has 2 heterocycles. The number of amides is 1. The second kappa shape index (κ2) is 11.6. The lowest BCUT2D eigenvalue weighted by Gasteiger charge is -2.40. The molecule has 40 heavy (non-hydrogen) atoms. The first-order chi connectivity index (χ1) is 18.8. The number of unbranched alkanes of at least 4 members (excludes halogenated alkanes) is 3. The molecule has 1 aromatic heterocycles. The third kappa shape index (κ3) is 6.29. The van der Waals surface area contributed by atoms with Crippen molar-refractivity contribution in [2.24, 2.45) is 5.41 Å². The number of ether oxygens (including phenoxy) is 3. The molecule has 218 valence electrons. The van der Waals surface area contributed by atoms with Crippen LogP contribution in [0.5, 0.6) is 11.5 Å². The SMILES string of the molecule is COc1cc2c(cc1OCCCCCCNC(=O)OC(C)(C)C)[C@H]1CCC(C)(C)[C@H]1n1cc(C(=O)O)c(=O)cc1-2. The van der Waals surface area contributed by atoms with Crippen LogP contribution < -0.4 is 20.2 Å². The summed E-state index contributed by atoms with van der Waals surface area (Å²) in [5.41, 5.74) is 1.43. The van der Waals surface area contributed by atoms with Gasteiger partial charge in [0.15, 0.2) is 16.9 Å². The lowest BCUT2D eigenvalue weighted by Crippen LogP contribution is -2.32. The highest BCUT2D eigenvalue weighted by atomic mass is 16.6. The van der Waals surface area contributed by atoms with Crippen LogP contribution in [-0.2, 0) is 4.74 Å². The average molecular weight is 555 g/mol. The predicted molar refractivity (Wildman–Crippen MR) is 153 cm³/mol. The Kier molecular flexibility index (Phi) is 8.52. The van der Waals surface area contributed by atoms with Gasteiger partial charge in [-0.25, -0.2) is 9.59 Å². The van der Waals surface area contributed by atoms with Crippen molar-refractivity contribution >= 4 is 12.1 Å². The molecule has 2 N–H and O–H groups in total. The smallest absolute Gasteiger partial charge is 0.407 e. The molecule has 2 atom stereocenters. The van der Waals surface area contributed by atoms with Crippen molar-refractivity contribution in [3.8, 4) is 22.8 Å². The zero-order chi connectivity index (χ0) is 29.2. The van der Waals surface area contributed by atoms with Crippen molar-refractivity contribution < 1.29 is 28.9 Å². The molecule has 1 aliphatic carbocycles. The van der Waals surface area contributed by atoms with E-state index in [1.54, 1.807) is 7.11 Å². The number of carboxylic acid groups (broad SMARTS) is 1. The Hall–Kier alpha value is -3.49. The van der Waals surface area contributed by atoms with Crippen molar-refractivity contribution in [2.75, 3.05) is 20.3 Å². The number of rotatable bonds is 10. The number of hydrogen-bond donors (Lipinski definition) is 2. The molecule has 1 amide bonds. The molecular weight excluding hydrogens is 512 g/mol. The highest BCUT2D eigenvalue weighted by Crippen LogP contribution is 2.59. The molecule has 0 bridgehead atoms. The average Bonchev–Trinajstić information content (AvgIpc) is 3.18. The summed E-state index contributed by atoms with van der Waals surface area (Å²) in [6, 6.07) is 5.45. The van der Waals surface area contributed by atoms with Gasteiger partial charge in [-0.2, -0.15) is 0 Å². The molecule has 0 spiro atoms. The topological polar surface area (TPSA) is 116 Å². The summed E-state index contributed by atoms with van der Waals surface area (Å²) in [6.07, 6.45) is 6.73. The summed E-state index contributed by atoms with van der Waals surface area (Å²) < 4.78 is 19.1. The second-order valence-electron chi connectivity index (χ2n) is 12.5. The van der Waals surface area contributed by atoms with E-state index in [4.69, 9.17) is 14.2 Å². The van der Waals surface area contributed by atoms with Crippen LogP contribution in [0.25, 0.3) is 11.3 Å². The summed E-state index contributed by atoms with van der Waals surface area (Å²) in [5, 5.41) is 12.4. The van der Waals surface area contributed by atoms with Gasteiger partial charge >= 0.3 is 12.1 Å². The Bertz CT molecular complexity index is 1320. The highest BCUT2D eigenvalue weighted by molar-refractivity contribution is 5.88. The van der Waals surface area contributed by atoms with Crippen LogP contribution in [0.15, 0.2) is 29.2 Å². The number of nitrogens with one attached hydrogen (secondary N) is 1. The van der Waals surface area contributed by atoms with Gasteiger partial charge in [0.05, 0.1) is 19.4 Å². The number of benzene rings is 1. The number of aromatic nitrogens is 1. The van der Waals surface area contributed by atoms with Crippen molar-refractivity contribution in [3.63, 3.8) is 0 Å². The predicted octanol–water partition coefficient (Wildman–Crippen LogP) is 6.14. The van der Waals surface area contributed by atoms with Gasteiger partial charge in [-0.1, -0.05) is 26.7 Å². The van der Waals surface area contributed by atoms with E-state index in [0.717, 1.165) is 49.7 Å². The van der Waals surface area contributed by atoms with E-state index in [9.17, 15) is 19.5 Å². The summed E-state index contributed by atoms with van der Waals surface area (Å²) in [4.78, 5) is 36.2. The van der Waals surface area contributed by atoms with Gasteiger partial charge in [0, 0.05) is 36.3 Å². The third-order valence-electron chi connectivity index (χ3n) is 7.90. The first-order valence-corrected chi connectivity index (χ1v) is 14.1. The fourth-order valence-electron chi connectivity index (χ4n) is 6.07. The normalized spacial score (nSPS) is 18.8. The minimum absolute atomic E-state index is 0.0317. The maximum absolute atomic E-state index is 12.7. The molecular formula is C31H42N2O7. The van der Waals surface area contributed by atoms with Crippen LogP contribution >= 0.6 is 0 Å².